The smallest absolute Gasteiger partial charge is 0.0768 e. The quantitative estimate of drug-likeness (QED) is 0.718. The third-order valence-electron chi connectivity index (χ3n) is 3.04. The van der Waals surface area contributed by atoms with E-state index in [0.29, 0.717) is 0 Å². The minimum absolute atomic E-state index is 1.06. The van der Waals surface area contributed by atoms with Crippen molar-refractivity contribution >= 4 is 23.2 Å². The lowest BCUT2D eigenvalue weighted by molar-refractivity contribution is 0.998. The van der Waals surface area contributed by atoms with Crippen LogP contribution in [-0.4, -0.2) is 11.5 Å². The summed E-state index contributed by atoms with van der Waals surface area (Å²) in [6, 6.07) is 18.9. The van der Waals surface area contributed by atoms with E-state index in [0.717, 1.165) is 12.1 Å². The molecule has 0 aliphatic carbocycles. The predicted octanol–water partition coefficient (Wildman–Crippen LogP) is 4.69. The van der Waals surface area contributed by atoms with Crippen molar-refractivity contribution in [2.75, 3.05) is 5.75 Å². The molecule has 0 atom stereocenters. The number of thioether (sulfide) groups is 1. The summed E-state index contributed by atoms with van der Waals surface area (Å²) in [5.74, 6) is 1.17. The van der Waals surface area contributed by atoms with Crippen LogP contribution >= 0.6 is 11.8 Å². The Morgan fingerprint density at radius 3 is 2.56 bits per heavy atom. The molecule has 1 aliphatic heterocycles. The normalized spacial score (nSPS) is 15.2. The highest BCUT2D eigenvalue weighted by atomic mass is 32.2. The molecular formula is C16H15NS. The van der Waals surface area contributed by atoms with Gasteiger partial charge in [0.1, 0.15) is 0 Å². The molecule has 0 aromatic heterocycles. The first-order valence-corrected chi connectivity index (χ1v) is 7.27. The van der Waals surface area contributed by atoms with Gasteiger partial charge in [-0.15, -0.1) is 11.8 Å². The average molecular weight is 253 g/mol. The Hall–Kier alpha value is -1.54. The molecule has 0 saturated carbocycles. The van der Waals surface area contributed by atoms with Crippen molar-refractivity contribution < 1.29 is 0 Å². The molecule has 18 heavy (non-hydrogen) atoms. The first-order valence-electron chi connectivity index (χ1n) is 6.28. The Labute approximate surface area is 112 Å². The minimum Gasteiger partial charge on any atom is -0.252 e. The summed E-state index contributed by atoms with van der Waals surface area (Å²) in [5.41, 5.74) is 3.57. The zero-order valence-electron chi connectivity index (χ0n) is 10.2. The van der Waals surface area contributed by atoms with Gasteiger partial charge in [-0.1, -0.05) is 42.5 Å². The van der Waals surface area contributed by atoms with Gasteiger partial charge in [-0.2, -0.15) is 0 Å². The Balaban J connectivity index is 2.05. The zero-order chi connectivity index (χ0) is 12.2. The minimum atomic E-state index is 1.06. The van der Waals surface area contributed by atoms with Crippen LogP contribution in [0, 0.1) is 0 Å². The third-order valence-corrected chi connectivity index (χ3v) is 4.19. The fourth-order valence-corrected chi connectivity index (χ4v) is 3.08. The molecule has 0 N–H and O–H groups in total. The van der Waals surface area contributed by atoms with Crippen molar-refractivity contribution in [1.82, 2.24) is 0 Å². The van der Waals surface area contributed by atoms with Gasteiger partial charge in [0.25, 0.3) is 0 Å². The van der Waals surface area contributed by atoms with Crippen molar-refractivity contribution in [2.24, 2.45) is 4.99 Å². The molecule has 1 nitrogen and oxygen atoms in total. The molecule has 0 spiro atoms. The van der Waals surface area contributed by atoms with Gasteiger partial charge >= 0.3 is 0 Å². The largest absolute Gasteiger partial charge is 0.252 e. The molecule has 0 bridgehead atoms. The van der Waals surface area contributed by atoms with Crippen LogP contribution in [0.1, 0.15) is 18.4 Å². The highest BCUT2D eigenvalue weighted by Crippen LogP contribution is 2.32. The zero-order valence-corrected chi connectivity index (χ0v) is 11.0. The number of benzene rings is 2. The number of fused-ring (bicyclic) bond motifs is 1. The summed E-state index contributed by atoms with van der Waals surface area (Å²) in [6.45, 7) is 0. The predicted molar refractivity (Wildman–Crippen MR) is 79.0 cm³/mol. The summed E-state index contributed by atoms with van der Waals surface area (Å²) in [7, 11) is 0. The van der Waals surface area contributed by atoms with E-state index in [-0.39, 0.29) is 0 Å². The van der Waals surface area contributed by atoms with E-state index in [1.54, 1.807) is 0 Å². The van der Waals surface area contributed by atoms with Crippen LogP contribution in [0.25, 0.3) is 0 Å². The molecule has 0 unspecified atom stereocenters. The van der Waals surface area contributed by atoms with Crippen LogP contribution < -0.4 is 0 Å². The standard InChI is InChI=1S/C16H15NS/c1-2-7-13(8-3-1)14-10-6-12-18-16-11-5-4-9-15(16)17-14/h1-5,7-9,11H,6,10,12H2. The van der Waals surface area contributed by atoms with Crippen LogP contribution in [0.4, 0.5) is 5.69 Å². The summed E-state index contributed by atoms with van der Waals surface area (Å²) in [6.07, 6.45) is 2.25. The number of aliphatic imine (C=N–C) groups is 1. The van der Waals surface area contributed by atoms with Crippen molar-refractivity contribution in [3.05, 3.63) is 60.2 Å². The average Bonchev–Trinajstić information content (AvgIpc) is 2.41. The maximum Gasteiger partial charge on any atom is 0.0768 e. The molecule has 0 amide bonds. The van der Waals surface area contributed by atoms with E-state index in [4.69, 9.17) is 4.99 Å². The maximum atomic E-state index is 4.87. The van der Waals surface area contributed by atoms with Crippen LogP contribution in [-0.2, 0) is 0 Å². The van der Waals surface area contributed by atoms with Crippen LogP contribution in [0.2, 0.25) is 0 Å². The Morgan fingerprint density at radius 1 is 0.889 bits per heavy atom. The monoisotopic (exact) mass is 253 g/mol. The first kappa shape index (κ1) is 11.5. The molecule has 1 heterocycles. The van der Waals surface area contributed by atoms with Crippen LogP contribution in [0.15, 0.2) is 64.5 Å². The van der Waals surface area contributed by atoms with Crippen molar-refractivity contribution in [3.8, 4) is 0 Å². The van der Waals surface area contributed by atoms with Crippen molar-refractivity contribution in [2.45, 2.75) is 17.7 Å². The van der Waals surface area contributed by atoms with Gasteiger partial charge in [0.15, 0.2) is 0 Å². The number of hydrogen-bond donors (Lipinski definition) is 0. The Bertz CT molecular complexity index is 560. The summed E-state index contributed by atoms with van der Waals surface area (Å²) >= 11 is 1.91. The van der Waals surface area contributed by atoms with Gasteiger partial charge in [-0.25, -0.2) is 0 Å². The highest BCUT2D eigenvalue weighted by molar-refractivity contribution is 7.99. The fourth-order valence-electron chi connectivity index (χ4n) is 2.13. The lowest BCUT2D eigenvalue weighted by atomic mass is 10.1. The molecule has 90 valence electrons. The van der Waals surface area contributed by atoms with E-state index in [1.807, 2.05) is 11.8 Å². The lowest BCUT2D eigenvalue weighted by Crippen LogP contribution is -2.03. The van der Waals surface area contributed by atoms with E-state index in [2.05, 4.69) is 54.6 Å². The maximum absolute atomic E-state index is 4.87. The van der Waals surface area contributed by atoms with E-state index < -0.39 is 0 Å². The van der Waals surface area contributed by atoms with E-state index in [1.165, 1.54) is 28.3 Å². The van der Waals surface area contributed by atoms with Gasteiger partial charge in [0.2, 0.25) is 0 Å². The van der Waals surface area contributed by atoms with Crippen molar-refractivity contribution in [3.63, 3.8) is 0 Å². The first-order chi connectivity index (χ1) is 8.93. The van der Waals surface area contributed by atoms with Gasteiger partial charge in [-0.05, 0) is 36.3 Å². The topological polar surface area (TPSA) is 12.4 Å². The van der Waals surface area contributed by atoms with Crippen LogP contribution in [0.5, 0.6) is 0 Å². The molecule has 2 aromatic rings. The Kier molecular flexibility index (Phi) is 3.47. The number of hydrogen-bond acceptors (Lipinski definition) is 2. The molecule has 0 saturated heterocycles. The van der Waals surface area contributed by atoms with Crippen molar-refractivity contribution in [1.29, 1.82) is 0 Å². The fraction of sp³-hybridized carbons (Fsp3) is 0.188. The molecule has 2 heteroatoms. The molecular weight excluding hydrogens is 238 g/mol. The summed E-state index contributed by atoms with van der Waals surface area (Å²) < 4.78 is 0. The Morgan fingerprint density at radius 2 is 1.67 bits per heavy atom. The van der Waals surface area contributed by atoms with Crippen LogP contribution in [0.3, 0.4) is 0 Å². The molecule has 0 radical (unpaired) electrons. The highest BCUT2D eigenvalue weighted by Gasteiger charge is 2.10. The lowest BCUT2D eigenvalue weighted by Gasteiger charge is -2.13. The summed E-state index contributed by atoms with van der Waals surface area (Å²) in [4.78, 5) is 6.16. The van der Waals surface area contributed by atoms with E-state index in [9.17, 15) is 0 Å². The molecule has 0 fully saturated rings. The summed E-state index contributed by atoms with van der Waals surface area (Å²) in [5, 5.41) is 0. The second-order valence-electron chi connectivity index (χ2n) is 4.34. The van der Waals surface area contributed by atoms with E-state index >= 15 is 0 Å². The second kappa shape index (κ2) is 5.40. The van der Waals surface area contributed by atoms with Gasteiger partial charge in [-0.3, -0.25) is 4.99 Å². The second-order valence-corrected chi connectivity index (χ2v) is 5.48. The van der Waals surface area contributed by atoms with Gasteiger partial charge < -0.3 is 0 Å². The SMILES string of the molecule is c1ccc(C2=Nc3ccccc3SCCC2)cc1. The number of para-hydroxylation sites is 1. The van der Waals surface area contributed by atoms with Gasteiger partial charge in [0.05, 0.1) is 5.69 Å². The number of rotatable bonds is 1. The molecule has 1 aliphatic rings. The number of nitrogens with zero attached hydrogens (tertiary/aromatic N) is 1. The van der Waals surface area contributed by atoms with Gasteiger partial charge in [0, 0.05) is 10.6 Å². The molecule has 3 rings (SSSR count). The molecule has 2 aromatic carbocycles. The third kappa shape index (κ3) is 2.49.